The van der Waals surface area contributed by atoms with E-state index in [9.17, 15) is 8.42 Å². The van der Waals surface area contributed by atoms with Crippen LogP contribution in [0.4, 0.5) is 0 Å². The van der Waals surface area contributed by atoms with E-state index < -0.39 is 10.1 Å². The van der Waals surface area contributed by atoms with E-state index >= 15 is 0 Å². The predicted molar refractivity (Wildman–Crippen MR) is 47.4 cm³/mol. The third-order valence-electron chi connectivity index (χ3n) is 2.42. The molecule has 0 spiro atoms. The maximum absolute atomic E-state index is 11.0. The van der Waals surface area contributed by atoms with Crippen molar-refractivity contribution in [3.8, 4) is 0 Å². The molecule has 0 radical (unpaired) electrons. The average molecular weight is 192 g/mol. The van der Waals surface area contributed by atoms with Crippen LogP contribution < -0.4 is 0 Å². The maximum atomic E-state index is 11.0. The van der Waals surface area contributed by atoms with Crippen molar-refractivity contribution in [2.45, 2.75) is 32.1 Å². The molecule has 1 fully saturated rings. The SMILES string of the molecule is COS(=O)(=O)CC1CCCCC1. The van der Waals surface area contributed by atoms with Gasteiger partial charge in [0.25, 0.3) is 10.1 Å². The van der Waals surface area contributed by atoms with Crippen LogP contribution in [0.5, 0.6) is 0 Å². The van der Waals surface area contributed by atoms with Crippen molar-refractivity contribution >= 4 is 10.1 Å². The Morgan fingerprint density at radius 3 is 2.33 bits per heavy atom. The average Bonchev–Trinajstić information content (AvgIpc) is 2.06. The highest BCUT2D eigenvalue weighted by atomic mass is 32.2. The summed E-state index contributed by atoms with van der Waals surface area (Å²) in [4.78, 5) is 0. The summed E-state index contributed by atoms with van der Waals surface area (Å²) in [6, 6.07) is 0. The maximum Gasteiger partial charge on any atom is 0.267 e. The largest absolute Gasteiger partial charge is 0.273 e. The van der Waals surface area contributed by atoms with Crippen molar-refractivity contribution in [2.75, 3.05) is 12.9 Å². The lowest BCUT2D eigenvalue weighted by Gasteiger charge is -2.20. The van der Waals surface area contributed by atoms with Crippen molar-refractivity contribution in [3.63, 3.8) is 0 Å². The molecule has 12 heavy (non-hydrogen) atoms. The summed E-state index contributed by atoms with van der Waals surface area (Å²) >= 11 is 0. The van der Waals surface area contributed by atoms with Crippen molar-refractivity contribution in [3.05, 3.63) is 0 Å². The summed E-state index contributed by atoms with van der Waals surface area (Å²) < 4.78 is 26.5. The van der Waals surface area contributed by atoms with Crippen molar-refractivity contribution in [1.29, 1.82) is 0 Å². The van der Waals surface area contributed by atoms with Gasteiger partial charge >= 0.3 is 0 Å². The third kappa shape index (κ3) is 3.11. The Bertz CT molecular complexity index is 214. The molecule has 1 rings (SSSR count). The summed E-state index contributed by atoms with van der Waals surface area (Å²) in [5, 5.41) is 0. The van der Waals surface area contributed by atoms with Crippen LogP contribution in [0, 0.1) is 5.92 Å². The molecule has 1 aliphatic carbocycles. The molecule has 0 bridgehead atoms. The van der Waals surface area contributed by atoms with Gasteiger partial charge in [-0.05, 0) is 18.8 Å². The smallest absolute Gasteiger partial charge is 0.267 e. The van der Waals surface area contributed by atoms with Gasteiger partial charge in [-0.1, -0.05) is 19.3 Å². The first-order valence-electron chi connectivity index (χ1n) is 4.42. The van der Waals surface area contributed by atoms with E-state index in [-0.39, 0.29) is 5.75 Å². The van der Waals surface area contributed by atoms with Gasteiger partial charge in [-0.25, -0.2) is 0 Å². The van der Waals surface area contributed by atoms with Gasteiger partial charge in [0.2, 0.25) is 0 Å². The zero-order valence-corrected chi connectivity index (χ0v) is 8.27. The van der Waals surface area contributed by atoms with Crippen LogP contribution in [0.15, 0.2) is 0 Å². The highest BCUT2D eigenvalue weighted by molar-refractivity contribution is 7.86. The van der Waals surface area contributed by atoms with E-state index in [2.05, 4.69) is 4.18 Å². The lowest BCUT2D eigenvalue weighted by atomic mass is 9.91. The first-order chi connectivity index (χ1) is 5.64. The van der Waals surface area contributed by atoms with Gasteiger partial charge in [-0.2, -0.15) is 8.42 Å². The summed E-state index contributed by atoms with van der Waals surface area (Å²) in [5.74, 6) is 0.549. The van der Waals surface area contributed by atoms with Gasteiger partial charge in [0, 0.05) is 0 Å². The molecule has 0 unspecified atom stereocenters. The Morgan fingerprint density at radius 1 is 1.25 bits per heavy atom. The Kier molecular flexibility index (Phi) is 3.53. The minimum Gasteiger partial charge on any atom is -0.273 e. The lowest BCUT2D eigenvalue weighted by Crippen LogP contribution is -2.19. The molecule has 0 atom stereocenters. The summed E-state index contributed by atoms with van der Waals surface area (Å²) in [6.45, 7) is 0. The van der Waals surface area contributed by atoms with Crippen LogP contribution in [0.25, 0.3) is 0 Å². The highest BCUT2D eigenvalue weighted by Crippen LogP contribution is 2.24. The van der Waals surface area contributed by atoms with E-state index in [4.69, 9.17) is 0 Å². The van der Waals surface area contributed by atoms with Gasteiger partial charge in [0.1, 0.15) is 0 Å². The van der Waals surface area contributed by atoms with E-state index in [0.717, 1.165) is 12.8 Å². The second kappa shape index (κ2) is 4.23. The lowest BCUT2D eigenvalue weighted by molar-refractivity contribution is 0.354. The third-order valence-corrected chi connectivity index (χ3v) is 3.81. The van der Waals surface area contributed by atoms with Crippen LogP contribution in [-0.2, 0) is 14.3 Å². The molecular formula is C8H16O3S. The highest BCUT2D eigenvalue weighted by Gasteiger charge is 2.20. The second-order valence-corrected chi connectivity index (χ2v) is 5.18. The van der Waals surface area contributed by atoms with Crippen LogP contribution in [0.1, 0.15) is 32.1 Å². The number of rotatable bonds is 3. The van der Waals surface area contributed by atoms with Crippen LogP contribution in [0.3, 0.4) is 0 Å². The fraction of sp³-hybridized carbons (Fsp3) is 1.00. The van der Waals surface area contributed by atoms with E-state index in [1.165, 1.54) is 26.4 Å². The molecule has 72 valence electrons. The summed E-state index contributed by atoms with van der Waals surface area (Å²) in [6.07, 6.45) is 5.68. The monoisotopic (exact) mass is 192 g/mol. The molecule has 0 N–H and O–H groups in total. The molecule has 0 heterocycles. The number of hydrogen-bond acceptors (Lipinski definition) is 3. The molecule has 1 aliphatic rings. The van der Waals surface area contributed by atoms with Crippen LogP contribution >= 0.6 is 0 Å². The molecule has 0 amide bonds. The van der Waals surface area contributed by atoms with Crippen LogP contribution in [0.2, 0.25) is 0 Å². The summed E-state index contributed by atoms with van der Waals surface area (Å²) in [5.41, 5.74) is 0. The fourth-order valence-electron chi connectivity index (χ4n) is 1.71. The Balaban J connectivity index is 2.39. The minimum absolute atomic E-state index is 0.212. The topological polar surface area (TPSA) is 43.4 Å². The van der Waals surface area contributed by atoms with Gasteiger partial charge < -0.3 is 0 Å². The van der Waals surface area contributed by atoms with Gasteiger partial charge in [-0.3, -0.25) is 4.18 Å². The minimum atomic E-state index is -3.22. The van der Waals surface area contributed by atoms with Gasteiger partial charge in [0.15, 0.2) is 0 Å². The van der Waals surface area contributed by atoms with Crippen molar-refractivity contribution < 1.29 is 12.6 Å². The zero-order chi connectivity index (χ0) is 9.03. The zero-order valence-electron chi connectivity index (χ0n) is 7.45. The van der Waals surface area contributed by atoms with Gasteiger partial charge in [-0.15, -0.1) is 0 Å². The van der Waals surface area contributed by atoms with Crippen molar-refractivity contribution in [2.24, 2.45) is 5.92 Å². The molecule has 0 aromatic rings. The first kappa shape index (κ1) is 9.99. The molecule has 0 aromatic carbocycles. The predicted octanol–water partition coefficient (Wildman–Crippen LogP) is 1.54. The summed E-state index contributed by atoms with van der Waals surface area (Å²) in [7, 11) is -1.98. The molecule has 0 saturated heterocycles. The molecule has 0 aliphatic heterocycles. The molecule has 4 heteroatoms. The van der Waals surface area contributed by atoms with Crippen molar-refractivity contribution in [1.82, 2.24) is 0 Å². The quantitative estimate of drug-likeness (QED) is 0.637. The van der Waals surface area contributed by atoms with E-state index in [1.807, 2.05) is 0 Å². The molecule has 0 aromatic heterocycles. The standard InChI is InChI=1S/C8H16O3S/c1-11-12(9,10)7-8-5-3-2-4-6-8/h8H,2-7H2,1H3. The van der Waals surface area contributed by atoms with Gasteiger partial charge in [0.05, 0.1) is 12.9 Å². The van der Waals surface area contributed by atoms with E-state index in [1.54, 1.807) is 0 Å². The van der Waals surface area contributed by atoms with E-state index in [0.29, 0.717) is 5.92 Å². The Hall–Kier alpha value is -0.0900. The van der Waals surface area contributed by atoms with Crippen LogP contribution in [-0.4, -0.2) is 21.3 Å². The first-order valence-corrected chi connectivity index (χ1v) is 6.00. The Morgan fingerprint density at radius 2 is 1.83 bits per heavy atom. The normalized spacial score (nSPS) is 21.1. The second-order valence-electron chi connectivity index (χ2n) is 3.40. The number of hydrogen-bond donors (Lipinski definition) is 0. The molecule has 1 saturated carbocycles. The Labute approximate surface area is 74.2 Å². The molecular weight excluding hydrogens is 176 g/mol. The fourth-order valence-corrected chi connectivity index (χ4v) is 2.76. The molecule has 3 nitrogen and oxygen atoms in total.